The molecule has 2 amide bonds. The van der Waals surface area contributed by atoms with Crippen LogP contribution in [0.2, 0.25) is 5.02 Å². The predicted octanol–water partition coefficient (Wildman–Crippen LogP) is 1.16. The number of nitrogens with zero attached hydrogens (tertiary/aromatic N) is 2. The van der Waals surface area contributed by atoms with Crippen molar-refractivity contribution in [3.05, 3.63) is 34.9 Å². The van der Waals surface area contributed by atoms with E-state index in [0.717, 1.165) is 5.56 Å². The van der Waals surface area contributed by atoms with E-state index in [0.29, 0.717) is 50.6 Å². The van der Waals surface area contributed by atoms with Crippen LogP contribution in [0.25, 0.3) is 0 Å². The highest BCUT2D eigenvalue weighted by Gasteiger charge is 2.24. The number of carbonyl (C=O) groups is 2. The topological polar surface area (TPSA) is 52.7 Å². The van der Waals surface area contributed by atoms with E-state index in [1.165, 1.54) is 0 Å². The molecule has 1 aliphatic heterocycles. The monoisotopic (exact) mass is 323 g/mol. The lowest BCUT2D eigenvalue weighted by Crippen LogP contribution is -2.51. The smallest absolute Gasteiger partial charge is 0.227 e. The minimum absolute atomic E-state index is 0.0652. The van der Waals surface area contributed by atoms with Crippen LogP contribution in [0.3, 0.4) is 0 Å². The van der Waals surface area contributed by atoms with Gasteiger partial charge < -0.3 is 15.1 Å². The first-order valence-electron chi connectivity index (χ1n) is 7.55. The molecule has 0 saturated carbocycles. The summed E-state index contributed by atoms with van der Waals surface area (Å²) >= 11 is 6.09. The largest absolute Gasteiger partial charge is 0.339 e. The van der Waals surface area contributed by atoms with Crippen LogP contribution < -0.4 is 5.32 Å². The Morgan fingerprint density at radius 3 is 2.27 bits per heavy atom. The zero-order valence-electron chi connectivity index (χ0n) is 12.8. The maximum atomic E-state index is 12.3. The Labute approximate surface area is 136 Å². The molecular weight excluding hydrogens is 302 g/mol. The van der Waals surface area contributed by atoms with Crippen molar-refractivity contribution >= 4 is 23.4 Å². The summed E-state index contributed by atoms with van der Waals surface area (Å²) in [5.41, 5.74) is 0.849. The molecule has 22 heavy (non-hydrogen) atoms. The van der Waals surface area contributed by atoms with Crippen LogP contribution in [-0.2, 0) is 16.0 Å². The third-order valence-corrected chi connectivity index (χ3v) is 4.24. The third kappa shape index (κ3) is 4.45. The van der Waals surface area contributed by atoms with Gasteiger partial charge in [0.2, 0.25) is 11.8 Å². The molecule has 0 atom stereocenters. The van der Waals surface area contributed by atoms with Gasteiger partial charge in [-0.15, -0.1) is 0 Å². The number of hydrogen-bond acceptors (Lipinski definition) is 3. The van der Waals surface area contributed by atoms with Crippen molar-refractivity contribution in [1.29, 1.82) is 0 Å². The normalized spacial score (nSPS) is 15.0. The van der Waals surface area contributed by atoms with E-state index in [-0.39, 0.29) is 11.8 Å². The van der Waals surface area contributed by atoms with E-state index in [4.69, 9.17) is 11.6 Å². The summed E-state index contributed by atoms with van der Waals surface area (Å²) in [6, 6.07) is 7.40. The number of rotatable bonds is 5. The van der Waals surface area contributed by atoms with Gasteiger partial charge in [0.25, 0.3) is 0 Å². The Hall–Kier alpha value is -1.59. The van der Waals surface area contributed by atoms with Crippen molar-refractivity contribution in [2.24, 2.45) is 0 Å². The highest BCUT2D eigenvalue weighted by Crippen LogP contribution is 2.16. The highest BCUT2D eigenvalue weighted by molar-refractivity contribution is 6.31. The molecule has 1 fully saturated rings. The van der Waals surface area contributed by atoms with Crippen LogP contribution in [0.5, 0.6) is 0 Å². The molecular formula is C16H22ClN3O2. The molecule has 1 aliphatic rings. The zero-order chi connectivity index (χ0) is 15.9. The number of nitrogens with one attached hydrogen (secondary N) is 1. The first kappa shape index (κ1) is 16.8. The van der Waals surface area contributed by atoms with Gasteiger partial charge in [-0.25, -0.2) is 0 Å². The fraction of sp³-hybridized carbons (Fsp3) is 0.500. The van der Waals surface area contributed by atoms with Crippen molar-refractivity contribution in [2.75, 3.05) is 39.8 Å². The van der Waals surface area contributed by atoms with E-state index in [9.17, 15) is 9.59 Å². The second kappa shape index (κ2) is 8.15. The van der Waals surface area contributed by atoms with E-state index in [1.54, 1.807) is 6.07 Å². The molecule has 0 aliphatic carbocycles. The zero-order valence-corrected chi connectivity index (χ0v) is 13.6. The molecule has 0 radical (unpaired) electrons. The summed E-state index contributed by atoms with van der Waals surface area (Å²) in [6.45, 7) is 3.08. The molecule has 1 aromatic rings. The van der Waals surface area contributed by atoms with Crippen molar-refractivity contribution in [3.63, 3.8) is 0 Å². The Bertz CT molecular complexity index is 528. The van der Waals surface area contributed by atoms with Crippen LogP contribution in [0.15, 0.2) is 24.3 Å². The predicted molar refractivity (Wildman–Crippen MR) is 86.9 cm³/mol. The third-order valence-electron chi connectivity index (χ3n) is 3.87. The first-order valence-corrected chi connectivity index (χ1v) is 7.93. The second-order valence-electron chi connectivity index (χ2n) is 5.38. The van der Waals surface area contributed by atoms with E-state index in [2.05, 4.69) is 5.32 Å². The number of amides is 2. The maximum Gasteiger partial charge on any atom is 0.227 e. The van der Waals surface area contributed by atoms with Crippen LogP contribution in [0, 0.1) is 0 Å². The summed E-state index contributed by atoms with van der Waals surface area (Å²) in [5, 5.41) is 3.59. The molecule has 0 spiro atoms. The Kier molecular flexibility index (Phi) is 6.21. The molecule has 0 aromatic heterocycles. The van der Waals surface area contributed by atoms with Crippen LogP contribution in [0.4, 0.5) is 0 Å². The molecule has 2 rings (SSSR count). The summed E-state index contributed by atoms with van der Waals surface area (Å²) in [7, 11) is 1.83. The Morgan fingerprint density at radius 1 is 1.09 bits per heavy atom. The van der Waals surface area contributed by atoms with E-state index < -0.39 is 0 Å². The van der Waals surface area contributed by atoms with Crippen LogP contribution >= 0.6 is 11.6 Å². The molecule has 1 aromatic carbocycles. The van der Waals surface area contributed by atoms with Crippen molar-refractivity contribution in [2.45, 2.75) is 12.8 Å². The Morgan fingerprint density at radius 2 is 1.68 bits per heavy atom. The van der Waals surface area contributed by atoms with Gasteiger partial charge in [-0.2, -0.15) is 0 Å². The standard InChI is InChI=1S/C16H22ClN3O2/c1-18-7-6-15(21)19-8-10-20(11-9-19)16(22)12-13-4-2-3-5-14(13)17/h2-5,18H,6-12H2,1H3. The average Bonchev–Trinajstić information content (AvgIpc) is 2.55. The summed E-state index contributed by atoms with van der Waals surface area (Å²) in [5.74, 6) is 0.211. The number of carbonyl (C=O) groups excluding carboxylic acids is 2. The van der Waals surface area contributed by atoms with Gasteiger partial charge in [0.05, 0.1) is 6.42 Å². The van der Waals surface area contributed by atoms with Gasteiger partial charge in [0, 0.05) is 44.2 Å². The highest BCUT2D eigenvalue weighted by atomic mass is 35.5. The molecule has 1 saturated heterocycles. The van der Waals surface area contributed by atoms with Gasteiger partial charge in [-0.3, -0.25) is 9.59 Å². The van der Waals surface area contributed by atoms with E-state index in [1.807, 2.05) is 35.0 Å². The minimum atomic E-state index is 0.0652. The fourth-order valence-corrected chi connectivity index (χ4v) is 2.71. The summed E-state index contributed by atoms with van der Waals surface area (Å²) in [4.78, 5) is 27.9. The maximum absolute atomic E-state index is 12.3. The summed E-state index contributed by atoms with van der Waals surface area (Å²) < 4.78 is 0. The minimum Gasteiger partial charge on any atom is -0.339 e. The molecule has 0 bridgehead atoms. The number of hydrogen-bond donors (Lipinski definition) is 1. The molecule has 5 nitrogen and oxygen atoms in total. The van der Waals surface area contributed by atoms with Gasteiger partial charge in [-0.05, 0) is 18.7 Å². The molecule has 120 valence electrons. The molecule has 1 N–H and O–H groups in total. The van der Waals surface area contributed by atoms with E-state index >= 15 is 0 Å². The molecule has 0 unspecified atom stereocenters. The molecule has 6 heteroatoms. The lowest BCUT2D eigenvalue weighted by atomic mass is 10.1. The first-order chi connectivity index (χ1) is 10.6. The van der Waals surface area contributed by atoms with Crippen molar-refractivity contribution in [1.82, 2.24) is 15.1 Å². The average molecular weight is 324 g/mol. The number of halogens is 1. The van der Waals surface area contributed by atoms with Gasteiger partial charge >= 0.3 is 0 Å². The second-order valence-corrected chi connectivity index (χ2v) is 5.79. The van der Waals surface area contributed by atoms with Crippen LogP contribution in [-0.4, -0.2) is 61.4 Å². The van der Waals surface area contributed by atoms with Gasteiger partial charge in [-0.1, -0.05) is 29.8 Å². The number of piperazine rings is 1. The van der Waals surface area contributed by atoms with Crippen LogP contribution in [0.1, 0.15) is 12.0 Å². The van der Waals surface area contributed by atoms with Crippen molar-refractivity contribution in [3.8, 4) is 0 Å². The quantitative estimate of drug-likeness (QED) is 0.885. The Balaban J connectivity index is 1.82. The fourth-order valence-electron chi connectivity index (χ4n) is 2.51. The SMILES string of the molecule is CNCCC(=O)N1CCN(C(=O)Cc2ccccc2Cl)CC1. The lowest BCUT2D eigenvalue weighted by molar-refractivity contribution is -0.139. The molecule has 1 heterocycles. The number of benzene rings is 1. The van der Waals surface area contributed by atoms with Gasteiger partial charge in [0.1, 0.15) is 0 Å². The van der Waals surface area contributed by atoms with Gasteiger partial charge in [0.15, 0.2) is 0 Å². The summed E-state index contributed by atoms with van der Waals surface area (Å²) in [6.07, 6.45) is 0.817. The van der Waals surface area contributed by atoms with Crippen molar-refractivity contribution < 1.29 is 9.59 Å². The lowest BCUT2D eigenvalue weighted by Gasteiger charge is -2.35.